The molecule has 15 nitrogen and oxygen atoms in total. The molecule has 0 aliphatic heterocycles. The summed E-state index contributed by atoms with van der Waals surface area (Å²) in [4.78, 5) is 10.9. The highest BCUT2D eigenvalue weighted by molar-refractivity contribution is 7.90. The van der Waals surface area contributed by atoms with Gasteiger partial charge in [0, 0.05) is 45.8 Å². The monoisotopic (exact) mass is 886 g/mol. The van der Waals surface area contributed by atoms with Crippen LogP contribution in [-0.4, -0.2) is 112 Å². The number of amides is 2. The number of halogens is 3. The number of hydrogen-bond donors (Lipinski definition) is 5. The lowest BCUT2D eigenvalue weighted by Gasteiger charge is -2.17. The fraction of sp³-hybridized carbons (Fsp3) is 0.970. The summed E-state index contributed by atoms with van der Waals surface area (Å²) in [5, 5.41) is 5.18. The molecular weight excluding hydrogens is 810 g/mol. The summed E-state index contributed by atoms with van der Waals surface area (Å²) in [5.41, 5.74) is -5.21. The molecule has 0 aliphatic rings. The van der Waals surface area contributed by atoms with Gasteiger partial charge in [-0.05, 0) is 71.1 Å². The lowest BCUT2D eigenvalue weighted by molar-refractivity contribution is -0.0448. The molecule has 55 heavy (non-hydrogen) atoms. The molecule has 0 saturated carbocycles. The van der Waals surface area contributed by atoms with Gasteiger partial charge in [-0.1, -0.05) is 69.2 Å². The number of sulfonamides is 4. The molecule has 0 aromatic carbocycles. The molecule has 0 atom stereocenters. The summed E-state index contributed by atoms with van der Waals surface area (Å²) in [5.74, 6) is 1.84. The standard InChI is InChI=1S/C8H18N2O.2C7H17NO2S.C6H15NO2S.C5H10F3NO2S/c1-6(2)5-9-8(11)10-7(3)4;1-6(2)5-8-11(9,10)7(3)4;1-5-11(9,10)8(4)6-7(2)3;1-4-10(8,9)7-5-6(2)3;1-4(2)3-9-12(10,11)5(6,7)8/h6-7H,5H2,1-4H3,(H2,9,10,11);6-8H,5H2,1-4H3;7H,5-6H2,1-4H3;6-7H,4-5H2,1-3H3;4,9H,3H2,1-2H3. The first-order valence-corrected chi connectivity index (χ1v) is 24.7. The van der Waals surface area contributed by atoms with Gasteiger partial charge in [0.05, 0.1) is 16.8 Å². The quantitative estimate of drug-likeness (QED) is 0.126. The summed E-state index contributed by atoms with van der Waals surface area (Å²) in [6, 6.07) is 0.135. The Balaban J connectivity index is -0.000000190. The van der Waals surface area contributed by atoms with Crippen LogP contribution in [0.1, 0.15) is 111 Å². The van der Waals surface area contributed by atoms with E-state index in [1.54, 1.807) is 48.6 Å². The van der Waals surface area contributed by atoms with E-state index in [-0.39, 0.29) is 41.3 Å². The van der Waals surface area contributed by atoms with Crippen molar-refractivity contribution in [3.05, 3.63) is 0 Å². The van der Waals surface area contributed by atoms with Crippen LogP contribution in [0.3, 0.4) is 0 Å². The lowest BCUT2D eigenvalue weighted by atomic mass is 10.2. The maximum atomic E-state index is 11.6. The van der Waals surface area contributed by atoms with Crippen LogP contribution in [0.5, 0.6) is 0 Å². The largest absolute Gasteiger partial charge is 0.511 e. The minimum absolute atomic E-state index is 0.0753. The van der Waals surface area contributed by atoms with Crippen molar-refractivity contribution in [1.82, 2.24) is 29.1 Å². The predicted octanol–water partition coefficient (Wildman–Crippen LogP) is 4.91. The fourth-order valence-electron chi connectivity index (χ4n) is 2.66. The molecule has 2 amide bonds. The Labute approximate surface area is 334 Å². The van der Waals surface area contributed by atoms with E-state index in [0.717, 1.165) is 6.54 Å². The molecule has 0 spiro atoms. The normalized spacial score (nSPS) is 12.5. The third-order valence-electron chi connectivity index (χ3n) is 5.94. The number of carbonyl (C=O) groups excluding carboxylic acids is 1. The van der Waals surface area contributed by atoms with Crippen LogP contribution < -0.4 is 24.8 Å². The summed E-state index contributed by atoms with van der Waals surface area (Å²) >= 11 is 0. The molecule has 0 radical (unpaired) electrons. The van der Waals surface area contributed by atoms with Gasteiger partial charge in [-0.25, -0.2) is 56.9 Å². The second-order valence-corrected chi connectivity index (χ2v) is 23.7. The van der Waals surface area contributed by atoms with E-state index in [4.69, 9.17) is 0 Å². The van der Waals surface area contributed by atoms with Crippen molar-refractivity contribution in [3.8, 4) is 0 Å². The highest BCUT2D eigenvalue weighted by Crippen LogP contribution is 2.21. The summed E-state index contributed by atoms with van der Waals surface area (Å²) in [6.45, 7) is 32.0. The van der Waals surface area contributed by atoms with Gasteiger partial charge in [0.15, 0.2) is 0 Å². The molecule has 0 aromatic heterocycles. The van der Waals surface area contributed by atoms with Crippen molar-refractivity contribution in [2.24, 2.45) is 29.6 Å². The topological polar surface area (TPSA) is 217 Å². The summed E-state index contributed by atoms with van der Waals surface area (Å²) in [6.07, 6.45) is 0. The Morgan fingerprint density at radius 2 is 0.964 bits per heavy atom. The molecule has 0 rings (SSSR count). The number of urea groups is 1. The zero-order valence-corrected chi connectivity index (χ0v) is 39.6. The fourth-order valence-corrected chi connectivity index (χ4v) is 6.03. The molecule has 338 valence electrons. The number of carbonyl (C=O) groups is 1. The van der Waals surface area contributed by atoms with E-state index in [0.29, 0.717) is 43.3 Å². The maximum Gasteiger partial charge on any atom is 0.511 e. The molecule has 22 heteroatoms. The van der Waals surface area contributed by atoms with Crippen molar-refractivity contribution < 1.29 is 51.6 Å². The molecule has 0 aromatic rings. The van der Waals surface area contributed by atoms with Gasteiger partial charge in [0.1, 0.15) is 0 Å². The number of nitrogens with zero attached hydrogens (tertiary/aromatic N) is 1. The van der Waals surface area contributed by atoms with Crippen molar-refractivity contribution in [3.63, 3.8) is 0 Å². The first kappa shape index (κ1) is 62.9. The molecule has 0 bridgehead atoms. The molecule has 0 saturated heterocycles. The van der Waals surface area contributed by atoms with E-state index in [1.807, 2.05) is 55.4 Å². The first-order chi connectivity index (χ1) is 24.4. The van der Waals surface area contributed by atoms with Crippen LogP contribution in [-0.2, 0) is 40.1 Å². The minimum atomic E-state index is -5.21. The van der Waals surface area contributed by atoms with Crippen LogP contribution in [0.4, 0.5) is 18.0 Å². The zero-order valence-electron chi connectivity index (χ0n) is 36.4. The van der Waals surface area contributed by atoms with Crippen molar-refractivity contribution in [1.29, 1.82) is 0 Å². The van der Waals surface area contributed by atoms with E-state index in [2.05, 4.69) is 33.9 Å². The summed E-state index contributed by atoms with van der Waals surface area (Å²) in [7, 11) is -12.5. The third kappa shape index (κ3) is 42.1. The van der Waals surface area contributed by atoms with E-state index >= 15 is 0 Å². The highest BCUT2D eigenvalue weighted by atomic mass is 32.2. The van der Waals surface area contributed by atoms with Crippen LogP contribution in [0.15, 0.2) is 0 Å². The minimum Gasteiger partial charge on any atom is -0.338 e. The van der Waals surface area contributed by atoms with E-state index in [9.17, 15) is 51.6 Å². The Morgan fingerprint density at radius 3 is 1.25 bits per heavy atom. The summed E-state index contributed by atoms with van der Waals surface area (Å²) < 4.78 is 130. The third-order valence-corrected chi connectivity index (χ3v) is 12.1. The smallest absolute Gasteiger partial charge is 0.338 e. The average Bonchev–Trinajstić information content (AvgIpc) is 3.01. The maximum absolute atomic E-state index is 11.6. The van der Waals surface area contributed by atoms with Crippen LogP contribution in [0, 0.1) is 29.6 Å². The molecule has 0 unspecified atom stereocenters. The Morgan fingerprint density at radius 1 is 0.582 bits per heavy atom. The Bertz CT molecular complexity index is 1410. The molecule has 0 aliphatic carbocycles. The number of nitrogens with one attached hydrogen (secondary N) is 5. The van der Waals surface area contributed by atoms with Gasteiger partial charge in [0.25, 0.3) is 0 Å². The molecule has 0 heterocycles. The second-order valence-electron chi connectivity index (χ2n) is 15.2. The SMILES string of the molecule is CC(C)CNC(=O)NC(C)C.CC(C)CNS(=O)(=O)C(C)C.CC(C)CNS(=O)(=O)C(F)(F)F.CCS(=O)(=O)N(C)CC(C)C.CCS(=O)(=O)NCC(C)C. The van der Waals surface area contributed by atoms with Gasteiger partial charge >= 0.3 is 21.6 Å². The number of rotatable bonds is 18. The Hall–Kier alpha value is -1.30. The average molecular weight is 887 g/mol. The van der Waals surface area contributed by atoms with Crippen molar-refractivity contribution in [2.45, 2.75) is 128 Å². The van der Waals surface area contributed by atoms with Crippen LogP contribution >= 0.6 is 0 Å². The molecular formula is C33H77F3N6O9S4. The first-order valence-electron chi connectivity index (χ1n) is 18.4. The van der Waals surface area contributed by atoms with E-state index < -0.39 is 45.6 Å². The van der Waals surface area contributed by atoms with Gasteiger partial charge < -0.3 is 10.6 Å². The van der Waals surface area contributed by atoms with Gasteiger partial charge in [-0.2, -0.15) is 13.2 Å². The van der Waals surface area contributed by atoms with Crippen LogP contribution in [0.2, 0.25) is 0 Å². The van der Waals surface area contributed by atoms with Crippen molar-refractivity contribution in [2.75, 3.05) is 51.3 Å². The second kappa shape index (κ2) is 30.7. The highest BCUT2D eigenvalue weighted by Gasteiger charge is 2.45. The molecule has 5 N–H and O–H groups in total. The molecule has 0 fully saturated rings. The van der Waals surface area contributed by atoms with Gasteiger partial charge in [0.2, 0.25) is 30.1 Å². The van der Waals surface area contributed by atoms with Crippen LogP contribution in [0.25, 0.3) is 0 Å². The zero-order chi connectivity index (χ0) is 45.2. The van der Waals surface area contributed by atoms with Crippen molar-refractivity contribution >= 4 is 46.1 Å². The predicted molar refractivity (Wildman–Crippen MR) is 220 cm³/mol. The lowest BCUT2D eigenvalue weighted by Crippen LogP contribution is -2.40. The van der Waals surface area contributed by atoms with Gasteiger partial charge in [-0.3, -0.25) is 0 Å². The van der Waals surface area contributed by atoms with E-state index in [1.165, 1.54) is 9.03 Å². The Kier molecular flexibility index (Phi) is 35.1. The van der Waals surface area contributed by atoms with Gasteiger partial charge in [-0.15, -0.1) is 0 Å². The number of hydrogen-bond acceptors (Lipinski definition) is 9. The number of alkyl halides is 3.